The Bertz CT molecular complexity index is 299. The zero-order valence-electron chi connectivity index (χ0n) is 7.52. The predicted molar refractivity (Wildman–Crippen MR) is 52.1 cm³/mol. The molecule has 4 heteroatoms. The van der Waals surface area contributed by atoms with E-state index in [0.717, 1.165) is 5.56 Å². The van der Waals surface area contributed by atoms with Crippen molar-refractivity contribution in [2.24, 2.45) is 0 Å². The van der Waals surface area contributed by atoms with E-state index < -0.39 is 0 Å². The topological polar surface area (TPSA) is 38.7 Å². The fourth-order valence-electron chi connectivity index (χ4n) is 1.34. The van der Waals surface area contributed by atoms with Crippen LogP contribution in [-0.2, 0) is 9.47 Å². The molecule has 1 N–H and O–H groups in total. The number of benzene rings is 1. The summed E-state index contributed by atoms with van der Waals surface area (Å²) in [6, 6.07) is 7.28. The first kappa shape index (κ1) is 9.93. The van der Waals surface area contributed by atoms with Crippen molar-refractivity contribution >= 4 is 11.6 Å². The third kappa shape index (κ3) is 2.07. The number of halogens is 1. The number of rotatable bonds is 2. The summed E-state index contributed by atoms with van der Waals surface area (Å²) in [5, 5.41) is 9.53. The van der Waals surface area contributed by atoms with Crippen LogP contribution in [0.2, 0.25) is 5.02 Å². The van der Waals surface area contributed by atoms with Crippen LogP contribution in [0.4, 0.5) is 0 Å². The van der Waals surface area contributed by atoms with Gasteiger partial charge < -0.3 is 14.6 Å². The molecule has 3 nitrogen and oxygen atoms in total. The molecule has 0 spiro atoms. The highest BCUT2D eigenvalue weighted by atomic mass is 35.5. The van der Waals surface area contributed by atoms with Gasteiger partial charge in [0.25, 0.3) is 0 Å². The molecule has 0 aromatic heterocycles. The normalized spacial score (nSPS) is 26.7. The molecule has 1 saturated heterocycles. The molecule has 0 amide bonds. The second-order valence-corrected chi connectivity index (χ2v) is 3.59. The first-order valence-corrected chi connectivity index (χ1v) is 4.81. The standard InChI is InChI=1S/C10H11ClO3/c11-8-3-1-7(2-4-8)10-13-6-9(5-12)14-10/h1-4,9-10,12H,5-6H2/t9-,10-/m1/s1. The van der Waals surface area contributed by atoms with Crippen LogP contribution in [-0.4, -0.2) is 24.4 Å². The quantitative estimate of drug-likeness (QED) is 0.815. The monoisotopic (exact) mass is 214 g/mol. The molecule has 0 bridgehead atoms. The van der Waals surface area contributed by atoms with Crippen molar-refractivity contribution in [1.29, 1.82) is 0 Å². The molecule has 14 heavy (non-hydrogen) atoms. The summed E-state index contributed by atoms with van der Waals surface area (Å²) in [5.74, 6) is 0. The Hall–Kier alpha value is -0.610. The van der Waals surface area contributed by atoms with Gasteiger partial charge in [-0.25, -0.2) is 0 Å². The predicted octanol–water partition coefficient (Wildman–Crippen LogP) is 1.75. The molecular formula is C10H11ClO3. The van der Waals surface area contributed by atoms with Crippen LogP contribution in [0.15, 0.2) is 24.3 Å². The van der Waals surface area contributed by atoms with Gasteiger partial charge in [-0.1, -0.05) is 23.7 Å². The fourth-order valence-corrected chi connectivity index (χ4v) is 1.46. The summed E-state index contributed by atoms with van der Waals surface area (Å²) in [5.41, 5.74) is 0.922. The smallest absolute Gasteiger partial charge is 0.184 e. The van der Waals surface area contributed by atoms with Crippen LogP contribution in [0.5, 0.6) is 0 Å². The van der Waals surface area contributed by atoms with Gasteiger partial charge in [0.1, 0.15) is 6.10 Å². The van der Waals surface area contributed by atoms with Gasteiger partial charge >= 0.3 is 0 Å². The maximum Gasteiger partial charge on any atom is 0.184 e. The van der Waals surface area contributed by atoms with Crippen molar-refractivity contribution in [2.75, 3.05) is 13.2 Å². The molecule has 0 unspecified atom stereocenters. The van der Waals surface area contributed by atoms with Crippen molar-refractivity contribution in [1.82, 2.24) is 0 Å². The molecule has 0 radical (unpaired) electrons. The summed E-state index contributed by atoms with van der Waals surface area (Å²) in [6.07, 6.45) is -0.583. The molecule has 1 heterocycles. The van der Waals surface area contributed by atoms with E-state index in [0.29, 0.717) is 11.6 Å². The minimum atomic E-state index is -0.371. The lowest BCUT2D eigenvalue weighted by Gasteiger charge is -2.10. The third-order valence-electron chi connectivity index (χ3n) is 2.10. The zero-order chi connectivity index (χ0) is 9.97. The number of hydrogen-bond acceptors (Lipinski definition) is 3. The number of hydrogen-bond donors (Lipinski definition) is 1. The number of ether oxygens (including phenoxy) is 2. The second kappa shape index (κ2) is 4.28. The van der Waals surface area contributed by atoms with Crippen molar-refractivity contribution in [2.45, 2.75) is 12.4 Å². The van der Waals surface area contributed by atoms with E-state index in [-0.39, 0.29) is 19.0 Å². The summed E-state index contributed by atoms with van der Waals surface area (Å²) in [6.45, 7) is 0.424. The number of aliphatic hydroxyl groups is 1. The van der Waals surface area contributed by atoms with Crippen molar-refractivity contribution < 1.29 is 14.6 Å². The molecule has 0 aliphatic carbocycles. The van der Waals surface area contributed by atoms with Crippen molar-refractivity contribution in [3.05, 3.63) is 34.9 Å². The Morgan fingerprint density at radius 2 is 2.07 bits per heavy atom. The van der Waals surface area contributed by atoms with Crippen LogP contribution in [0.3, 0.4) is 0 Å². The van der Waals surface area contributed by atoms with Crippen LogP contribution < -0.4 is 0 Å². The van der Waals surface area contributed by atoms with Crippen molar-refractivity contribution in [3.63, 3.8) is 0 Å². The minimum Gasteiger partial charge on any atom is -0.394 e. The first-order chi connectivity index (χ1) is 6.79. The molecule has 76 valence electrons. The zero-order valence-corrected chi connectivity index (χ0v) is 8.28. The van der Waals surface area contributed by atoms with Crippen molar-refractivity contribution in [3.8, 4) is 0 Å². The molecule has 1 aromatic carbocycles. The number of aliphatic hydroxyl groups excluding tert-OH is 1. The van der Waals surface area contributed by atoms with E-state index in [1.807, 2.05) is 12.1 Å². The highest BCUT2D eigenvalue weighted by Gasteiger charge is 2.26. The summed E-state index contributed by atoms with van der Waals surface area (Å²) in [7, 11) is 0. The molecule has 0 saturated carbocycles. The maximum absolute atomic E-state index is 8.85. The van der Waals surface area contributed by atoms with E-state index in [4.69, 9.17) is 26.2 Å². The van der Waals surface area contributed by atoms with E-state index in [1.165, 1.54) is 0 Å². The lowest BCUT2D eigenvalue weighted by atomic mass is 10.2. The lowest BCUT2D eigenvalue weighted by molar-refractivity contribution is -0.0675. The van der Waals surface area contributed by atoms with E-state index in [9.17, 15) is 0 Å². The van der Waals surface area contributed by atoms with Gasteiger partial charge in [-0.3, -0.25) is 0 Å². The Morgan fingerprint density at radius 3 is 2.64 bits per heavy atom. The average molecular weight is 215 g/mol. The molecule has 1 aromatic rings. The second-order valence-electron chi connectivity index (χ2n) is 3.16. The van der Waals surface area contributed by atoms with Crippen LogP contribution in [0.1, 0.15) is 11.9 Å². The molecular weight excluding hydrogens is 204 g/mol. The van der Waals surface area contributed by atoms with Crippen LogP contribution >= 0.6 is 11.6 Å². The molecule has 2 atom stereocenters. The Kier molecular flexibility index (Phi) is 3.03. The minimum absolute atomic E-state index is 0.00983. The van der Waals surface area contributed by atoms with Gasteiger partial charge in [-0.05, 0) is 12.1 Å². The van der Waals surface area contributed by atoms with Gasteiger partial charge in [0, 0.05) is 10.6 Å². The maximum atomic E-state index is 8.85. The molecule has 1 aliphatic rings. The SMILES string of the molecule is OC[C@@H]1CO[C@@H](c2ccc(Cl)cc2)O1. The Labute approximate surface area is 87.2 Å². The molecule has 2 rings (SSSR count). The summed E-state index contributed by atoms with van der Waals surface area (Å²) in [4.78, 5) is 0. The molecule has 1 fully saturated rings. The van der Waals surface area contributed by atoms with E-state index in [2.05, 4.69) is 0 Å². The third-order valence-corrected chi connectivity index (χ3v) is 2.35. The first-order valence-electron chi connectivity index (χ1n) is 4.43. The highest BCUT2D eigenvalue weighted by molar-refractivity contribution is 6.30. The highest BCUT2D eigenvalue weighted by Crippen LogP contribution is 2.27. The Balaban J connectivity index is 2.06. The van der Waals surface area contributed by atoms with Gasteiger partial charge in [0.15, 0.2) is 6.29 Å². The van der Waals surface area contributed by atoms with Gasteiger partial charge in [-0.15, -0.1) is 0 Å². The van der Waals surface area contributed by atoms with E-state index in [1.54, 1.807) is 12.1 Å². The van der Waals surface area contributed by atoms with E-state index >= 15 is 0 Å². The average Bonchev–Trinajstić information content (AvgIpc) is 2.67. The fraction of sp³-hybridized carbons (Fsp3) is 0.400. The largest absolute Gasteiger partial charge is 0.394 e. The lowest BCUT2D eigenvalue weighted by Crippen LogP contribution is -2.14. The summed E-state index contributed by atoms with van der Waals surface area (Å²) < 4.78 is 10.8. The van der Waals surface area contributed by atoms with Gasteiger partial charge in [-0.2, -0.15) is 0 Å². The molecule has 1 aliphatic heterocycles. The summed E-state index contributed by atoms with van der Waals surface area (Å²) >= 11 is 5.75. The van der Waals surface area contributed by atoms with Gasteiger partial charge in [0.05, 0.1) is 13.2 Å². The Morgan fingerprint density at radius 1 is 1.36 bits per heavy atom. The van der Waals surface area contributed by atoms with Gasteiger partial charge in [0.2, 0.25) is 0 Å². The van der Waals surface area contributed by atoms with Crippen LogP contribution in [0.25, 0.3) is 0 Å². The van der Waals surface area contributed by atoms with Crippen LogP contribution in [0, 0.1) is 0 Å².